The van der Waals surface area contributed by atoms with Crippen molar-refractivity contribution in [2.75, 3.05) is 14.2 Å². The van der Waals surface area contributed by atoms with E-state index in [4.69, 9.17) is 4.74 Å². The largest absolute Gasteiger partial charge is 0.496 e. The van der Waals surface area contributed by atoms with Crippen LogP contribution in [0.25, 0.3) is 0 Å². The van der Waals surface area contributed by atoms with Crippen LogP contribution in [-0.4, -0.2) is 19.1 Å². The molecular formula is C15H20N2OS. The predicted molar refractivity (Wildman–Crippen MR) is 80.2 cm³/mol. The van der Waals surface area contributed by atoms with Crippen molar-refractivity contribution in [3.05, 3.63) is 44.9 Å². The maximum Gasteiger partial charge on any atom is 0.124 e. The molecule has 1 N–H and O–H groups in total. The van der Waals surface area contributed by atoms with E-state index in [2.05, 4.69) is 41.7 Å². The number of nitrogens with one attached hydrogen (secondary N) is 1. The van der Waals surface area contributed by atoms with Crippen LogP contribution in [-0.2, 0) is 0 Å². The first-order valence-corrected chi connectivity index (χ1v) is 7.19. The van der Waals surface area contributed by atoms with E-state index in [1.54, 1.807) is 18.4 Å². The zero-order valence-corrected chi connectivity index (χ0v) is 12.9. The Morgan fingerprint density at radius 2 is 2.00 bits per heavy atom. The van der Waals surface area contributed by atoms with Crippen LogP contribution in [0.4, 0.5) is 0 Å². The molecule has 0 aliphatic carbocycles. The molecule has 0 fully saturated rings. The average Bonchev–Trinajstić information content (AvgIpc) is 2.78. The summed E-state index contributed by atoms with van der Waals surface area (Å²) in [6.45, 7) is 6.23. The Hall–Kier alpha value is -1.39. The van der Waals surface area contributed by atoms with Crippen LogP contribution in [0.2, 0.25) is 0 Å². The van der Waals surface area contributed by atoms with Gasteiger partial charge in [0, 0.05) is 10.9 Å². The van der Waals surface area contributed by atoms with E-state index in [9.17, 15) is 0 Å². The van der Waals surface area contributed by atoms with Crippen molar-refractivity contribution in [3.8, 4) is 5.75 Å². The lowest BCUT2D eigenvalue weighted by molar-refractivity contribution is 0.404. The molecule has 0 saturated carbocycles. The van der Waals surface area contributed by atoms with E-state index in [-0.39, 0.29) is 6.04 Å². The Labute approximate surface area is 118 Å². The summed E-state index contributed by atoms with van der Waals surface area (Å²) in [6.07, 6.45) is 0. The van der Waals surface area contributed by atoms with Crippen molar-refractivity contribution in [1.29, 1.82) is 0 Å². The van der Waals surface area contributed by atoms with E-state index in [1.165, 1.54) is 16.7 Å². The summed E-state index contributed by atoms with van der Waals surface area (Å²) in [6, 6.07) is 4.33. The van der Waals surface area contributed by atoms with Gasteiger partial charge in [0.2, 0.25) is 0 Å². The molecular weight excluding hydrogens is 256 g/mol. The monoisotopic (exact) mass is 276 g/mol. The van der Waals surface area contributed by atoms with E-state index >= 15 is 0 Å². The van der Waals surface area contributed by atoms with Gasteiger partial charge in [-0.15, -0.1) is 11.3 Å². The molecule has 1 aromatic carbocycles. The number of benzene rings is 1. The first kappa shape index (κ1) is 14.0. The molecule has 102 valence electrons. The maximum atomic E-state index is 5.55. The summed E-state index contributed by atoms with van der Waals surface area (Å²) in [5.41, 5.74) is 4.65. The van der Waals surface area contributed by atoms with Crippen LogP contribution in [0.5, 0.6) is 5.75 Å². The SMILES string of the molecule is CNC(c1csc(C)n1)c1c(C)cc(C)cc1OC. The zero-order valence-electron chi connectivity index (χ0n) is 12.1. The highest BCUT2D eigenvalue weighted by atomic mass is 32.1. The van der Waals surface area contributed by atoms with E-state index in [0.29, 0.717) is 0 Å². The maximum absolute atomic E-state index is 5.55. The molecule has 0 aliphatic rings. The van der Waals surface area contributed by atoms with E-state index < -0.39 is 0 Å². The van der Waals surface area contributed by atoms with Gasteiger partial charge in [-0.25, -0.2) is 4.98 Å². The van der Waals surface area contributed by atoms with Crippen LogP contribution in [0.15, 0.2) is 17.5 Å². The fourth-order valence-corrected chi connectivity index (χ4v) is 3.07. The second kappa shape index (κ2) is 5.72. The number of aromatic nitrogens is 1. The van der Waals surface area contributed by atoms with E-state index in [0.717, 1.165) is 16.5 Å². The van der Waals surface area contributed by atoms with Gasteiger partial charge in [0.05, 0.1) is 23.9 Å². The van der Waals surface area contributed by atoms with Crippen molar-refractivity contribution in [2.45, 2.75) is 26.8 Å². The topological polar surface area (TPSA) is 34.2 Å². The van der Waals surface area contributed by atoms with Crippen molar-refractivity contribution >= 4 is 11.3 Å². The van der Waals surface area contributed by atoms with Crippen molar-refractivity contribution in [2.24, 2.45) is 0 Å². The second-order valence-corrected chi connectivity index (χ2v) is 5.77. The molecule has 0 bridgehead atoms. The van der Waals surface area contributed by atoms with Gasteiger partial charge in [-0.1, -0.05) is 6.07 Å². The molecule has 0 radical (unpaired) electrons. The molecule has 1 heterocycles. The van der Waals surface area contributed by atoms with Gasteiger partial charge in [0.15, 0.2) is 0 Å². The third-order valence-corrected chi connectivity index (χ3v) is 4.01. The second-order valence-electron chi connectivity index (χ2n) is 4.71. The molecule has 1 aromatic heterocycles. The summed E-state index contributed by atoms with van der Waals surface area (Å²) >= 11 is 1.67. The number of nitrogens with zero attached hydrogens (tertiary/aromatic N) is 1. The van der Waals surface area contributed by atoms with Crippen LogP contribution < -0.4 is 10.1 Å². The molecule has 3 nitrogen and oxygen atoms in total. The van der Waals surface area contributed by atoms with Gasteiger partial charge < -0.3 is 10.1 Å². The Morgan fingerprint density at radius 1 is 1.26 bits per heavy atom. The summed E-state index contributed by atoms with van der Waals surface area (Å²) in [5.74, 6) is 0.919. The third kappa shape index (κ3) is 2.80. The van der Waals surface area contributed by atoms with Crippen molar-refractivity contribution < 1.29 is 4.74 Å². The van der Waals surface area contributed by atoms with Gasteiger partial charge in [-0.3, -0.25) is 0 Å². The Balaban J connectivity index is 2.55. The lowest BCUT2D eigenvalue weighted by Crippen LogP contribution is -2.20. The highest BCUT2D eigenvalue weighted by Crippen LogP contribution is 2.34. The van der Waals surface area contributed by atoms with Gasteiger partial charge in [0.1, 0.15) is 5.75 Å². The Morgan fingerprint density at radius 3 is 2.53 bits per heavy atom. The summed E-state index contributed by atoms with van der Waals surface area (Å²) < 4.78 is 5.55. The fourth-order valence-electron chi connectivity index (χ4n) is 2.43. The molecule has 2 rings (SSSR count). The number of hydrogen-bond donors (Lipinski definition) is 1. The number of rotatable bonds is 4. The first-order chi connectivity index (χ1) is 9.06. The van der Waals surface area contributed by atoms with Crippen LogP contribution in [0.1, 0.15) is 33.4 Å². The Bertz CT molecular complexity index is 578. The first-order valence-electron chi connectivity index (χ1n) is 6.31. The lowest BCUT2D eigenvalue weighted by Gasteiger charge is -2.20. The molecule has 0 amide bonds. The van der Waals surface area contributed by atoms with Gasteiger partial charge >= 0.3 is 0 Å². The third-order valence-electron chi connectivity index (χ3n) is 3.22. The van der Waals surface area contributed by atoms with Gasteiger partial charge in [-0.05, 0) is 45.0 Å². The number of methoxy groups -OCH3 is 1. The summed E-state index contributed by atoms with van der Waals surface area (Å²) in [5, 5.41) is 6.54. The lowest BCUT2D eigenvalue weighted by atomic mass is 9.96. The molecule has 1 atom stereocenters. The summed E-state index contributed by atoms with van der Waals surface area (Å²) in [4.78, 5) is 4.60. The van der Waals surface area contributed by atoms with Crippen molar-refractivity contribution in [1.82, 2.24) is 10.3 Å². The number of ether oxygens (including phenoxy) is 1. The van der Waals surface area contributed by atoms with Crippen molar-refractivity contribution in [3.63, 3.8) is 0 Å². The quantitative estimate of drug-likeness (QED) is 0.929. The predicted octanol–water partition coefficient (Wildman–Crippen LogP) is 3.39. The minimum Gasteiger partial charge on any atom is -0.496 e. The average molecular weight is 276 g/mol. The number of hydrogen-bond acceptors (Lipinski definition) is 4. The van der Waals surface area contributed by atoms with Gasteiger partial charge in [-0.2, -0.15) is 0 Å². The molecule has 0 saturated heterocycles. The number of thiazole rings is 1. The smallest absolute Gasteiger partial charge is 0.124 e. The number of aryl methyl sites for hydroxylation is 3. The molecule has 4 heteroatoms. The molecule has 1 unspecified atom stereocenters. The van der Waals surface area contributed by atoms with Crippen LogP contribution in [0.3, 0.4) is 0 Å². The molecule has 19 heavy (non-hydrogen) atoms. The Kier molecular flexibility index (Phi) is 4.22. The van der Waals surface area contributed by atoms with Gasteiger partial charge in [0.25, 0.3) is 0 Å². The highest BCUT2D eigenvalue weighted by molar-refractivity contribution is 7.09. The normalized spacial score (nSPS) is 12.5. The minimum absolute atomic E-state index is 0.0699. The molecule has 0 aliphatic heterocycles. The molecule has 0 spiro atoms. The fraction of sp³-hybridized carbons (Fsp3) is 0.400. The highest BCUT2D eigenvalue weighted by Gasteiger charge is 2.21. The van der Waals surface area contributed by atoms with Crippen LogP contribution in [0, 0.1) is 20.8 Å². The minimum atomic E-state index is 0.0699. The van der Waals surface area contributed by atoms with E-state index in [1.807, 2.05) is 14.0 Å². The standard InChI is InChI=1S/C15H20N2OS/c1-9-6-10(2)14(13(7-9)18-5)15(16-4)12-8-19-11(3)17-12/h6-8,15-16H,1-5H3. The summed E-state index contributed by atoms with van der Waals surface area (Å²) in [7, 11) is 3.68. The zero-order chi connectivity index (χ0) is 14.0. The van der Waals surface area contributed by atoms with Crippen LogP contribution >= 0.6 is 11.3 Å². The molecule has 2 aromatic rings.